The standard InChI is InChI=1S/C28H35Si3/c1-7-29(3)27-18-12-14-22-21-26-23(20-25(22)27)15-13-19-28(26)31(6,8-2)30(4,5)24-16-10-9-11-17-24/h9-21H,7-8H2,1-6H3. The van der Waals surface area contributed by atoms with Crippen molar-refractivity contribution in [1.29, 1.82) is 0 Å². The summed E-state index contributed by atoms with van der Waals surface area (Å²) in [6.45, 7) is 15.1. The van der Waals surface area contributed by atoms with Crippen molar-refractivity contribution < 1.29 is 0 Å². The summed E-state index contributed by atoms with van der Waals surface area (Å²) in [4.78, 5) is 0. The molecule has 159 valence electrons. The lowest BCUT2D eigenvalue weighted by Gasteiger charge is -2.42. The zero-order chi connectivity index (χ0) is 22.2. The number of hydrogen-bond donors (Lipinski definition) is 0. The summed E-state index contributed by atoms with van der Waals surface area (Å²) in [6, 6.07) is 33.0. The third-order valence-corrected chi connectivity index (χ3v) is 29.0. The molecule has 0 fully saturated rings. The maximum atomic E-state index is 2.66. The van der Waals surface area contributed by atoms with Crippen molar-refractivity contribution in [2.24, 2.45) is 0 Å². The summed E-state index contributed by atoms with van der Waals surface area (Å²) in [5, 5.41) is 10.7. The van der Waals surface area contributed by atoms with Crippen LogP contribution in [0.4, 0.5) is 0 Å². The fourth-order valence-corrected chi connectivity index (χ4v) is 19.3. The Balaban J connectivity index is 1.98. The smallest absolute Gasteiger partial charge is 0.0677 e. The Morgan fingerprint density at radius 2 is 1.32 bits per heavy atom. The third kappa shape index (κ3) is 3.67. The van der Waals surface area contributed by atoms with Crippen LogP contribution in [0, 0.1) is 0 Å². The quantitative estimate of drug-likeness (QED) is 0.235. The van der Waals surface area contributed by atoms with Gasteiger partial charge < -0.3 is 0 Å². The van der Waals surface area contributed by atoms with E-state index in [9.17, 15) is 0 Å². The highest BCUT2D eigenvalue weighted by atomic mass is 29.3. The maximum Gasteiger partial charge on any atom is 0.0829 e. The normalized spacial score (nSPS) is 14.3. The van der Waals surface area contributed by atoms with Gasteiger partial charge in [-0.3, -0.25) is 0 Å². The Morgan fingerprint density at radius 1 is 0.710 bits per heavy atom. The molecule has 0 bridgehead atoms. The molecule has 0 spiro atoms. The summed E-state index contributed by atoms with van der Waals surface area (Å²) >= 11 is 0. The first-order valence-corrected chi connectivity index (χ1v) is 20.6. The minimum atomic E-state index is -1.72. The van der Waals surface area contributed by atoms with Crippen LogP contribution in [0.5, 0.6) is 0 Å². The van der Waals surface area contributed by atoms with Gasteiger partial charge >= 0.3 is 0 Å². The van der Waals surface area contributed by atoms with E-state index in [2.05, 4.69) is 119 Å². The summed E-state index contributed by atoms with van der Waals surface area (Å²) in [6.07, 6.45) is 0. The summed E-state index contributed by atoms with van der Waals surface area (Å²) < 4.78 is 0. The van der Waals surface area contributed by atoms with E-state index in [1.54, 1.807) is 15.6 Å². The summed E-state index contributed by atoms with van der Waals surface area (Å²) in [5.74, 6) is 0. The molecule has 0 heterocycles. The highest BCUT2D eigenvalue weighted by Crippen LogP contribution is 2.29. The van der Waals surface area contributed by atoms with E-state index in [0.29, 0.717) is 0 Å². The zero-order valence-corrected chi connectivity index (χ0v) is 22.9. The maximum absolute atomic E-state index is 2.66. The molecule has 1 atom stereocenters. The Labute approximate surface area is 191 Å². The Morgan fingerprint density at radius 3 is 1.97 bits per heavy atom. The molecule has 3 heteroatoms. The molecule has 0 nitrogen and oxygen atoms in total. The highest BCUT2D eigenvalue weighted by molar-refractivity contribution is 7.50. The molecule has 31 heavy (non-hydrogen) atoms. The molecule has 0 aliphatic carbocycles. The fraction of sp³-hybridized carbons (Fsp3) is 0.286. The van der Waals surface area contributed by atoms with Gasteiger partial charge in [-0.05, 0) is 33.7 Å². The van der Waals surface area contributed by atoms with Crippen molar-refractivity contribution >= 4 is 61.1 Å². The second-order valence-electron chi connectivity index (χ2n) is 9.72. The van der Waals surface area contributed by atoms with E-state index >= 15 is 0 Å². The van der Waals surface area contributed by atoms with Crippen molar-refractivity contribution in [3.63, 3.8) is 0 Å². The van der Waals surface area contributed by atoms with Crippen LogP contribution in [-0.4, -0.2) is 24.0 Å². The number of hydrogen-bond acceptors (Lipinski definition) is 0. The molecular weight excluding hydrogens is 421 g/mol. The second kappa shape index (κ2) is 8.53. The molecule has 0 N–H and O–H groups in total. The predicted octanol–water partition coefficient (Wildman–Crippen LogP) is 6.34. The van der Waals surface area contributed by atoms with Crippen LogP contribution in [-0.2, 0) is 0 Å². The number of rotatable bonds is 6. The average Bonchev–Trinajstić information content (AvgIpc) is 2.81. The van der Waals surface area contributed by atoms with Crippen molar-refractivity contribution in [2.45, 2.75) is 52.1 Å². The van der Waals surface area contributed by atoms with Gasteiger partial charge in [0.15, 0.2) is 0 Å². The Hall–Kier alpha value is -1.95. The lowest BCUT2D eigenvalue weighted by molar-refractivity contribution is 1.40. The first kappa shape index (κ1) is 22.3. The Kier molecular flexibility index (Phi) is 6.12. The van der Waals surface area contributed by atoms with Crippen LogP contribution >= 0.6 is 0 Å². The van der Waals surface area contributed by atoms with Crippen LogP contribution in [0.1, 0.15) is 13.8 Å². The molecule has 0 amide bonds. The SMILES string of the molecule is CC[Si](C)c1cccc2cc3c([Si](C)(CC)[Si](C)(C)c4ccccc4)cccc3cc12. The van der Waals surface area contributed by atoms with Gasteiger partial charge in [0.1, 0.15) is 0 Å². The monoisotopic (exact) mass is 455 g/mol. The van der Waals surface area contributed by atoms with Crippen LogP contribution in [0.2, 0.25) is 38.3 Å². The van der Waals surface area contributed by atoms with Crippen LogP contribution < -0.4 is 15.6 Å². The van der Waals surface area contributed by atoms with Gasteiger partial charge in [-0.2, -0.15) is 0 Å². The van der Waals surface area contributed by atoms with E-state index in [0.717, 1.165) is 0 Å². The van der Waals surface area contributed by atoms with Gasteiger partial charge in [-0.25, -0.2) is 0 Å². The molecule has 0 aliphatic rings. The van der Waals surface area contributed by atoms with Gasteiger partial charge in [-0.1, -0.05) is 134 Å². The summed E-state index contributed by atoms with van der Waals surface area (Å²) in [7, 11) is -3.85. The molecule has 0 saturated heterocycles. The molecule has 4 aromatic carbocycles. The fourth-order valence-electron chi connectivity index (χ4n) is 5.24. The third-order valence-electron chi connectivity index (χ3n) is 8.05. The molecule has 4 rings (SSSR count). The molecule has 1 unspecified atom stereocenters. The van der Waals surface area contributed by atoms with Crippen molar-refractivity contribution in [2.75, 3.05) is 0 Å². The van der Waals surface area contributed by atoms with Crippen LogP contribution in [0.3, 0.4) is 0 Å². The van der Waals surface area contributed by atoms with Gasteiger partial charge in [0, 0.05) is 0 Å². The lowest BCUT2D eigenvalue weighted by atomic mass is 10.0. The van der Waals surface area contributed by atoms with Gasteiger partial charge in [0.25, 0.3) is 0 Å². The predicted molar refractivity (Wildman–Crippen MR) is 148 cm³/mol. The van der Waals surface area contributed by atoms with Crippen LogP contribution in [0.15, 0.2) is 78.9 Å². The number of benzene rings is 4. The first-order valence-electron chi connectivity index (χ1n) is 11.7. The van der Waals surface area contributed by atoms with E-state index in [4.69, 9.17) is 0 Å². The van der Waals surface area contributed by atoms with Gasteiger partial charge in [0.05, 0.1) is 24.0 Å². The molecule has 1 radical (unpaired) electrons. The van der Waals surface area contributed by atoms with Crippen molar-refractivity contribution in [3.05, 3.63) is 78.9 Å². The van der Waals surface area contributed by atoms with Gasteiger partial charge in [-0.15, -0.1) is 0 Å². The van der Waals surface area contributed by atoms with Gasteiger partial charge in [0.2, 0.25) is 0 Å². The van der Waals surface area contributed by atoms with Crippen LogP contribution in [0.25, 0.3) is 21.5 Å². The Bertz CT molecular complexity index is 1210. The second-order valence-corrected chi connectivity index (χ2v) is 27.3. The zero-order valence-electron chi connectivity index (χ0n) is 19.9. The summed E-state index contributed by atoms with van der Waals surface area (Å²) in [5.41, 5.74) is 0. The first-order chi connectivity index (χ1) is 14.8. The minimum Gasteiger partial charge on any atom is -0.0677 e. The topological polar surface area (TPSA) is 0 Å². The lowest BCUT2D eigenvalue weighted by Crippen LogP contribution is -2.70. The average molecular weight is 456 g/mol. The minimum absolute atomic E-state index is 0.485. The van der Waals surface area contributed by atoms with E-state index in [1.807, 2.05) is 0 Å². The molecular formula is C28H35Si3. The number of fused-ring (bicyclic) bond motifs is 2. The van der Waals surface area contributed by atoms with Crippen molar-refractivity contribution in [1.82, 2.24) is 0 Å². The van der Waals surface area contributed by atoms with Crippen molar-refractivity contribution in [3.8, 4) is 0 Å². The molecule has 4 aromatic rings. The molecule has 0 aromatic heterocycles. The largest absolute Gasteiger partial charge is 0.0829 e. The van der Waals surface area contributed by atoms with E-state index < -0.39 is 24.0 Å². The van der Waals surface area contributed by atoms with E-state index in [1.165, 1.54) is 33.6 Å². The highest BCUT2D eigenvalue weighted by Gasteiger charge is 2.46. The molecule has 0 saturated carbocycles. The molecule has 0 aliphatic heterocycles. The van der Waals surface area contributed by atoms with E-state index in [-0.39, 0.29) is 0 Å².